The SMILES string of the molecule is O=C(Nc1ccc(OCC2CCCCC2)cc1)C1CNCCO1. The zero-order valence-electron chi connectivity index (χ0n) is 13.6. The number of hydrogen-bond acceptors (Lipinski definition) is 4. The van der Waals surface area contributed by atoms with E-state index in [1.165, 1.54) is 32.1 Å². The summed E-state index contributed by atoms with van der Waals surface area (Å²) in [6.07, 6.45) is 6.18. The number of anilines is 1. The van der Waals surface area contributed by atoms with Gasteiger partial charge in [0.1, 0.15) is 11.9 Å². The first-order valence-corrected chi connectivity index (χ1v) is 8.67. The summed E-state index contributed by atoms with van der Waals surface area (Å²) in [4.78, 5) is 12.1. The first kappa shape index (κ1) is 16.3. The van der Waals surface area contributed by atoms with Crippen LogP contribution in [0.3, 0.4) is 0 Å². The molecule has 1 aromatic carbocycles. The number of ether oxygens (including phenoxy) is 2. The molecular formula is C18H26N2O3. The molecule has 1 saturated heterocycles. The van der Waals surface area contributed by atoms with E-state index >= 15 is 0 Å². The molecule has 0 spiro atoms. The molecule has 1 atom stereocenters. The van der Waals surface area contributed by atoms with Crippen molar-refractivity contribution in [3.8, 4) is 5.75 Å². The number of benzene rings is 1. The normalized spacial score (nSPS) is 22.5. The van der Waals surface area contributed by atoms with Gasteiger partial charge in [-0.25, -0.2) is 0 Å². The lowest BCUT2D eigenvalue weighted by molar-refractivity contribution is -0.128. The first-order chi connectivity index (χ1) is 11.3. The second-order valence-corrected chi connectivity index (χ2v) is 6.39. The molecule has 0 bridgehead atoms. The van der Waals surface area contributed by atoms with Crippen molar-refractivity contribution in [2.75, 3.05) is 31.6 Å². The summed E-state index contributed by atoms with van der Waals surface area (Å²) in [6, 6.07) is 7.59. The number of rotatable bonds is 5. The zero-order valence-corrected chi connectivity index (χ0v) is 13.6. The quantitative estimate of drug-likeness (QED) is 0.876. The summed E-state index contributed by atoms with van der Waals surface area (Å²) in [5.74, 6) is 1.45. The van der Waals surface area contributed by atoms with Crippen LogP contribution in [-0.2, 0) is 9.53 Å². The highest BCUT2D eigenvalue weighted by Gasteiger charge is 2.21. The number of amides is 1. The van der Waals surface area contributed by atoms with Crippen molar-refractivity contribution in [3.63, 3.8) is 0 Å². The molecule has 126 valence electrons. The van der Waals surface area contributed by atoms with Crippen molar-refractivity contribution in [1.29, 1.82) is 0 Å². The Balaban J connectivity index is 1.45. The first-order valence-electron chi connectivity index (χ1n) is 8.67. The smallest absolute Gasteiger partial charge is 0.254 e. The molecule has 0 aromatic heterocycles. The van der Waals surface area contributed by atoms with Gasteiger partial charge in [-0.05, 0) is 43.0 Å². The third-order valence-electron chi connectivity index (χ3n) is 4.55. The van der Waals surface area contributed by atoms with Crippen LogP contribution in [0.2, 0.25) is 0 Å². The average Bonchev–Trinajstić information content (AvgIpc) is 2.63. The van der Waals surface area contributed by atoms with Crippen molar-refractivity contribution in [2.45, 2.75) is 38.2 Å². The standard InChI is InChI=1S/C18H26N2O3/c21-18(17-12-19-10-11-22-17)20-15-6-8-16(9-7-15)23-13-14-4-2-1-3-5-14/h6-9,14,17,19H,1-5,10-13H2,(H,20,21). The minimum atomic E-state index is -0.411. The number of carbonyl (C=O) groups is 1. The monoisotopic (exact) mass is 318 g/mol. The van der Waals surface area contributed by atoms with Gasteiger partial charge in [0.2, 0.25) is 0 Å². The summed E-state index contributed by atoms with van der Waals surface area (Å²) < 4.78 is 11.3. The predicted octanol–water partition coefficient (Wildman–Crippen LogP) is 2.57. The Hall–Kier alpha value is -1.59. The summed E-state index contributed by atoms with van der Waals surface area (Å²) >= 11 is 0. The fourth-order valence-electron chi connectivity index (χ4n) is 3.16. The van der Waals surface area contributed by atoms with E-state index in [0.717, 1.165) is 24.6 Å². The summed E-state index contributed by atoms with van der Waals surface area (Å²) in [5, 5.41) is 6.04. The average molecular weight is 318 g/mol. The largest absolute Gasteiger partial charge is 0.493 e. The molecule has 5 nitrogen and oxygen atoms in total. The number of hydrogen-bond donors (Lipinski definition) is 2. The van der Waals surface area contributed by atoms with Crippen LogP contribution in [0.5, 0.6) is 5.75 Å². The van der Waals surface area contributed by atoms with E-state index in [9.17, 15) is 4.79 Å². The minimum Gasteiger partial charge on any atom is -0.493 e. The van der Waals surface area contributed by atoms with E-state index in [1.54, 1.807) is 0 Å². The molecule has 23 heavy (non-hydrogen) atoms. The van der Waals surface area contributed by atoms with E-state index in [1.807, 2.05) is 24.3 Å². The molecule has 2 fully saturated rings. The maximum absolute atomic E-state index is 12.1. The van der Waals surface area contributed by atoms with Gasteiger partial charge >= 0.3 is 0 Å². The summed E-state index contributed by atoms with van der Waals surface area (Å²) in [5.41, 5.74) is 0.772. The Labute approximate surface area is 137 Å². The van der Waals surface area contributed by atoms with Crippen LogP contribution in [0.25, 0.3) is 0 Å². The zero-order chi connectivity index (χ0) is 15.9. The topological polar surface area (TPSA) is 59.6 Å². The van der Waals surface area contributed by atoms with Crippen LogP contribution in [0.4, 0.5) is 5.69 Å². The van der Waals surface area contributed by atoms with Crippen LogP contribution in [0.15, 0.2) is 24.3 Å². The van der Waals surface area contributed by atoms with Crippen molar-refractivity contribution in [2.24, 2.45) is 5.92 Å². The number of carbonyl (C=O) groups excluding carboxylic acids is 1. The van der Waals surface area contributed by atoms with E-state index in [2.05, 4.69) is 10.6 Å². The fourth-order valence-corrected chi connectivity index (χ4v) is 3.16. The maximum Gasteiger partial charge on any atom is 0.254 e. The third kappa shape index (κ3) is 4.94. The van der Waals surface area contributed by atoms with Crippen molar-refractivity contribution >= 4 is 11.6 Å². The lowest BCUT2D eigenvalue weighted by Gasteiger charge is -2.23. The Morgan fingerprint density at radius 2 is 2.00 bits per heavy atom. The lowest BCUT2D eigenvalue weighted by Crippen LogP contribution is -2.45. The lowest BCUT2D eigenvalue weighted by atomic mass is 9.90. The number of morpholine rings is 1. The molecule has 1 aliphatic carbocycles. The Bertz CT molecular complexity index is 491. The third-order valence-corrected chi connectivity index (χ3v) is 4.55. The van der Waals surface area contributed by atoms with Gasteiger partial charge in [0, 0.05) is 18.8 Å². The van der Waals surface area contributed by atoms with Crippen LogP contribution >= 0.6 is 0 Å². The molecule has 2 N–H and O–H groups in total. The van der Waals surface area contributed by atoms with Gasteiger partial charge in [0.15, 0.2) is 0 Å². The highest BCUT2D eigenvalue weighted by molar-refractivity contribution is 5.94. The van der Waals surface area contributed by atoms with Gasteiger partial charge in [-0.3, -0.25) is 4.79 Å². The molecular weight excluding hydrogens is 292 g/mol. The molecule has 0 radical (unpaired) electrons. The van der Waals surface area contributed by atoms with Gasteiger partial charge in [-0.2, -0.15) is 0 Å². The van der Waals surface area contributed by atoms with Crippen LogP contribution in [0, 0.1) is 5.92 Å². The van der Waals surface area contributed by atoms with Gasteiger partial charge < -0.3 is 20.1 Å². The number of nitrogens with one attached hydrogen (secondary N) is 2. The minimum absolute atomic E-state index is 0.104. The van der Waals surface area contributed by atoms with Gasteiger partial charge in [0.25, 0.3) is 5.91 Å². The molecule has 1 aliphatic heterocycles. The molecule has 5 heteroatoms. The van der Waals surface area contributed by atoms with Crippen molar-refractivity contribution < 1.29 is 14.3 Å². The van der Waals surface area contributed by atoms with E-state index < -0.39 is 6.10 Å². The highest BCUT2D eigenvalue weighted by Crippen LogP contribution is 2.25. The Morgan fingerprint density at radius 1 is 1.22 bits per heavy atom. The van der Waals surface area contributed by atoms with Gasteiger partial charge in [0.05, 0.1) is 13.2 Å². The second kappa shape index (κ2) is 8.31. The van der Waals surface area contributed by atoms with E-state index in [4.69, 9.17) is 9.47 Å². The van der Waals surface area contributed by atoms with Crippen molar-refractivity contribution in [1.82, 2.24) is 5.32 Å². The predicted molar refractivity (Wildman–Crippen MR) is 89.8 cm³/mol. The molecule has 1 amide bonds. The van der Waals surface area contributed by atoms with Crippen LogP contribution in [-0.4, -0.2) is 38.3 Å². The van der Waals surface area contributed by atoms with Crippen molar-refractivity contribution in [3.05, 3.63) is 24.3 Å². The molecule has 1 saturated carbocycles. The highest BCUT2D eigenvalue weighted by atomic mass is 16.5. The van der Waals surface area contributed by atoms with Crippen LogP contribution < -0.4 is 15.4 Å². The molecule has 3 rings (SSSR count). The summed E-state index contributed by atoms with van der Waals surface area (Å²) in [6.45, 7) is 2.74. The fraction of sp³-hybridized carbons (Fsp3) is 0.611. The van der Waals surface area contributed by atoms with Crippen LogP contribution in [0.1, 0.15) is 32.1 Å². The van der Waals surface area contributed by atoms with Gasteiger partial charge in [-0.15, -0.1) is 0 Å². The van der Waals surface area contributed by atoms with Gasteiger partial charge in [-0.1, -0.05) is 19.3 Å². The maximum atomic E-state index is 12.1. The van der Waals surface area contributed by atoms with E-state index in [0.29, 0.717) is 19.1 Å². The molecule has 2 aliphatic rings. The molecule has 1 unspecified atom stereocenters. The summed E-state index contributed by atoms with van der Waals surface area (Å²) in [7, 11) is 0. The Morgan fingerprint density at radius 3 is 2.70 bits per heavy atom. The molecule has 1 aromatic rings. The molecule has 1 heterocycles. The Kier molecular flexibility index (Phi) is 5.88. The second-order valence-electron chi connectivity index (χ2n) is 6.39. The van der Waals surface area contributed by atoms with E-state index in [-0.39, 0.29) is 5.91 Å².